The van der Waals surface area contributed by atoms with E-state index in [2.05, 4.69) is 295 Å². The van der Waals surface area contributed by atoms with Crippen LogP contribution >= 0.6 is 0 Å². The van der Waals surface area contributed by atoms with Crippen LogP contribution in [-0.2, 0) is 0 Å². The molecule has 2 aliphatic heterocycles. The van der Waals surface area contributed by atoms with E-state index in [1.54, 1.807) is 0 Å². The topological polar surface area (TPSA) is 19.4 Å². The first kappa shape index (κ1) is 41.6. The Balaban J connectivity index is 0.908. The smallest absolute Gasteiger partial charge is 0.184 e. The molecular formula is C65H47N3Si2. The van der Waals surface area contributed by atoms with Crippen molar-refractivity contribution in [1.29, 1.82) is 0 Å². The van der Waals surface area contributed by atoms with Gasteiger partial charge in [0.1, 0.15) is 0 Å². The maximum Gasteiger partial charge on any atom is 0.184 e. The molecule has 11 aromatic rings. The molecule has 10 aromatic carbocycles. The Morgan fingerprint density at radius 1 is 0.243 bits per heavy atom. The van der Waals surface area contributed by atoms with E-state index in [-0.39, 0.29) is 0 Å². The molecule has 3 heterocycles. The molecule has 0 amide bonds. The summed E-state index contributed by atoms with van der Waals surface area (Å²) in [5.74, 6) is 0. The first-order valence-corrected chi connectivity index (χ1v) is 28.1. The minimum atomic E-state index is -2.72. The van der Waals surface area contributed by atoms with Gasteiger partial charge in [-0.25, -0.2) is 4.98 Å². The van der Waals surface area contributed by atoms with E-state index in [1.165, 1.54) is 64.2 Å². The summed E-state index contributed by atoms with van der Waals surface area (Å²) >= 11 is 0. The summed E-state index contributed by atoms with van der Waals surface area (Å²) in [6.07, 6.45) is 0. The van der Waals surface area contributed by atoms with Crippen LogP contribution in [0.1, 0.15) is 0 Å². The lowest BCUT2D eigenvalue weighted by Crippen LogP contribution is -2.77. The maximum atomic E-state index is 5.44. The monoisotopic (exact) mass is 925 g/mol. The molecule has 13 rings (SSSR count). The van der Waals surface area contributed by atoms with Gasteiger partial charge in [0.25, 0.3) is 0 Å². The van der Waals surface area contributed by atoms with Gasteiger partial charge in [-0.15, -0.1) is 0 Å². The SMILES string of the molecule is c1ccc([Si]2(c3ccccc3)c3ccccc3N(c3cccc(-c4cccc(-c5cccc(N6c7ccccc7[Si](c7ccccc7)(c7ccccc7)c7ccccc76)c5)n4)c3)c3ccccc32)cc1. The van der Waals surface area contributed by atoms with Crippen molar-refractivity contribution in [3.63, 3.8) is 0 Å². The molecule has 330 valence electrons. The minimum Gasteiger partial charge on any atom is -0.311 e. The third-order valence-electron chi connectivity index (χ3n) is 14.6. The summed E-state index contributed by atoms with van der Waals surface area (Å²) in [5.41, 5.74) is 11.0. The van der Waals surface area contributed by atoms with Crippen molar-refractivity contribution in [3.8, 4) is 22.5 Å². The largest absolute Gasteiger partial charge is 0.311 e. The van der Waals surface area contributed by atoms with Gasteiger partial charge in [0.05, 0.1) is 11.4 Å². The molecular weight excluding hydrogens is 879 g/mol. The van der Waals surface area contributed by atoms with Crippen molar-refractivity contribution >= 4 is 91.8 Å². The zero-order valence-electron chi connectivity index (χ0n) is 38.5. The number of fused-ring (bicyclic) bond motifs is 4. The van der Waals surface area contributed by atoms with Gasteiger partial charge in [0.15, 0.2) is 16.1 Å². The van der Waals surface area contributed by atoms with Gasteiger partial charge in [-0.05, 0) is 102 Å². The fourth-order valence-electron chi connectivity index (χ4n) is 11.7. The van der Waals surface area contributed by atoms with Gasteiger partial charge in [-0.3, -0.25) is 0 Å². The number of hydrogen-bond acceptors (Lipinski definition) is 3. The Morgan fingerprint density at radius 2 is 0.514 bits per heavy atom. The molecule has 0 atom stereocenters. The van der Waals surface area contributed by atoms with E-state index in [9.17, 15) is 0 Å². The van der Waals surface area contributed by atoms with Crippen molar-refractivity contribution < 1.29 is 0 Å². The lowest BCUT2D eigenvalue weighted by atomic mass is 10.1. The molecule has 0 unspecified atom stereocenters. The highest BCUT2D eigenvalue weighted by Crippen LogP contribution is 2.42. The number of aromatic nitrogens is 1. The van der Waals surface area contributed by atoms with Crippen LogP contribution in [0.5, 0.6) is 0 Å². The third kappa shape index (κ3) is 6.43. The number of benzene rings is 10. The zero-order chi connectivity index (χ0) is 46.5. The molecule has 0 radical (unpaired) electrons. The van der Waals surface area contributed by atoms with Crippen LogP contribution < -0.4 is 51.3 Å². The second kappa shape index (κ2) is 17.2. The summed E-state index contributed by atoms with van der Waals surface area (Å²) in [4.78, 5) is 10.4. The van der Waals surface area contributed by atoms with E-state index in [1.807, 2.05) is 0 Å². The molecule has 70 heavy (non-hydrogen) atoms. The van der Waals surface area contributed by atoms with E-state index in [0.29, 0.717) is 0 Å². The molecule has 0 N–H and O–H groups in total. The summed E-state index contributed by atoms with van der Waals surface area (Å²) < 4.78 is 0. The first-order chi connectivity index (χ1) is 34.7. The first-order valence-electron chi connectivity index (χ1n) is 24.1. The quantitative estimate of drug-likeness (QED) is 0.142. The van der Waals surface area contributed by atoms with Gasteiger partial charge in [-0.1, -0.05) is 224 Å². The molecule has 1 aromatic heterocycles. The Kier molecular flexibility index (Phi) is 10.2. The second-order valence-corrected chi connectivity index (χ2v) is 25.7. The van der Waals surface area contributed by atoms with Crippen molar-refractivity contribution in [2.75, 3.05) is 9.80 Å². The number of rotatable bonds is 8. The van der Waals surface area contributed by atoms with Crippen LogP contribution in [0, 0.1) is 0 Å². The van der Waals surface area contributed by atoms with Gasteiger partial charge in [0, 0.05) is 45.3 Å². The standard InChI is InChI=1S/C65H47N3Si2/c1-5-28-52(29-6-1)69(53-30-7-2-8-31-53)62-42-17-13-38-58(62)67(59-39-14-18-43-63(59)69)50-26-21-24-48(46-50)56-36-23-37-57(66-56)49-25-22-27-51(47-49)68-60-40-15-19-44-64(60)70(54-32-9-3-10-33-54,55-34-11-4-12-35-55)65-45-20-16-41-61(65)68/h1-47H. The Bertz CT molecular complexity index is 3270. The number of pyridine rings is 1. The fraction of sp³-hybridized carbons (Fsp3) is 0. The molecule has 0 spiro atoms. The average molecular weight is 926 g/mol. The summed E-state index contributed by atoms with van der Waals surface area (Å²) in [5, 5.41) is 11.0. The molecule has 0 saturated heterocycles. The Morgan fingerprint density at radius 3 is 0.829 bits per heavy atom. The number of para-hydroxylation sites is 4. The number of nitrogens with zero attached hydrogens (tertiary/aromatic N) is 3. The van der Waals surface area contributed by atoms with Gasteiger partial charge in [0.2, 0.25) is 0 Å². The summed E-state index contributed by atoms with van der Waals surface area (Å²) in [6, 6.07) is 105. The maximum absolute atomic E-state index is 5.44. The van der Waals surface area contributed by atoms with Crippen molar-refractivity contribution in [2.24, 2.45) is 0 Å². The fourth-order valence-corrected chi connectivity index (χ4v) is 22.0. The number of hydrogen-bond donors (Lipinski definition) is 0. The van der Waals surface area contributed by atoms with Crippen LogP contribution in [0.4, 0.5) is 34.1 Å². The second-order valence-electron chi connectivity index (χ2n) is 18.2. The van der Waals surface area contributed by atoms with Crippen molar-refractivity contribution in [1.82, 2.24) is 4.98 Å². The van der Waals surface area contributed by atoms with E-state index in [4.69, 9.17) is 4.98 Å². The van der Waals surface area contributed by atoms with Crippen LogP contribution in [0.15, 0.2) is 285 Å². The van der Waals surface area contributed by atoms with E-state index in [0.717, 1.165) is 33.9 Å². The lowest BCUT2D eigenvalue weighted by molar-refractivity contribution is 1.27. The molecule has 0 fully saturated rings. The average Bonchev–Trinajstić information content (AvgIpc) is 3.45. The molecule has 2 aliphatic rings. The summed E-state index contributed by atoms with van der Waals surface area (Å²) in [6.45, 7) is 0. The van der Waals surface area contributed by atoms with Gasteiger partial charge >= 0.3 is 0 Å². The predicted molar refractivity (Wildman–Crippen MR) is 299 cm³/mol. The van der Waals surface area contributed by atoms with Crippen LogP contribution in [0.3, 0.4) is 0 Å². The highest BCUT2D eigenvalue weighted by molar-refractivity contribution is 7.22. The Labute approximate surface area is 411 Å². The van der Waals surface area contributed by atoms with E-state index >= 15 is 0 Å². The lowest BCUT2D eigenvalue weighted by Gasteiger charge is -2.45. The van der Waals surface area contributed by atoms with Crippen LogP contribution in [0.25, 0.3) is 22.5 Å². The van der Waals surface area contributed by atoms with Crippen molar-refractivity contribution in [3.05, 3.63) is 285 Å². The molecule has 0 aliphatic carbocycles. The highest BCUT2D eigenvalue weighted by Gasteiger charge is 2.50. The molecule has 0 saturated carbocycles. The normalized spacial score (nSPS) is 13.9. The van der Waals surface area contributed by atoms with Gasteiger partial charge in [-0.2, -0.15) is 0 Å². The van der Waals surface area contributed by atoms with E-state index < -0.39 is 16.1 Å². The van der Waals surface area contributed by atoms with Gasteiger partial charge < -0.3 is 9.80 Å². The molecule has 0 bridgehead atoms. The Hall–Kier alpha value is -8.62. The van der Waals surface area contributed by atoms with Crippen molar-refractivity contribution in [2.45, 2.75) is 0 Å². The molecule has 3 nitrogen and oxygen atoms in total. The highest BCUT2D eigenvalue weighted by atomic mass is 28.3. The zero-order valence-corrected chi connectivity index (χ0v) is 40.5. The minimum absolute atomic E-state index is 0.927. The third-order valence-corrected chi connectivity index (χ3v) is 24.3. The predicted octanol–water partition coefficient (Wildman–Crippen LogP) is 10.7. The number of anilines is 6. The molecule has 5 heteroatoms. The summed E-state index contributed by atoms with van der Waals surface area (Å²) in [7, 11) is -5.45. The van der Waals surface area contributed by atoms with Crippen LogP contribution in [-0.4, -0.2) is 21.1 Å². The van der Waals surface area contributed by atoms with Crippen LogP contribution in [0.2, 0.25) is 0 Å².